The molecular weight excluding hydrogens is 214 g/mol. The fourth-order valence-electron chi connectivity index (χ4n) is 2.88. The lowest BCUT2D eigenvalue weighted by Crippen LogP contribution is -2.34. The summed E-state index contributed by atoms with van der Waals surface area (Å²) in [5, 5.41) is 13.9. The van der Waals surface area contributed by atoms with Crippen molar-refractivity contribution in [3.05, 3.63) is 22.8 Å². The van der Waals surface area contributed by atoms with Crippen molar-refractivity contribution in [1.29, 1.82) is 0 Å². The molecule has 0 aliphatic carbocycles. The molecular formula is C14H21NO2. The molecule has 17 heavy (non-hydrogen) atoms. The van der Waals surface area contributed by atoms with Crippen molar-refractivity contribution >= 4 is 0 Å². The molecule has 0 saturated carbocycles. The van der Waals surface area contributed by atoms with E-state index in [-0.39, 0.29) is 5.54 Å². The maximum absolute atomic E-state index is 10.4. The van der Waals surface area contributed by atoms with E-state index in [1.807, 2.05) is 19.9 Å². The van der Waals surface area contributed by atoms with Crippen molar-refractivity contribution < 1.29 is 9.84 Å². The molecule has 0 amide bonds. The summed E-state index contributed by atoms with van der Waals surface area (Å²) in [7, 11) is 1.64. The van der Waals surface area contributed by atoms with Crippen molar-refractivity contribution in [3.63, 3.8) is 0 Å². The van der Waals surface area contributed by atoms with Crippen LogP contribution in [0.4, 0.5) is 0 Å². The number of hydrogen-bond acceptors (Lipinski definition) is 3. The minimum absolute atomic E-state index is 0.106. The van der Waals surface area contributed by atoms with Crippen LogP contribution in [-0.2, 0) is 5.54 Å². The monoisotopic (exact) mass is 235 g/mol. The van der Waals surface area contributed by atoms with Gasteiger partial charge in [0.05, 0.1) is 7.11 Å². The zero-order valence-electron chi connectivity index (χ0n) is 11.1. The van der Waals surface area contributed by atoms with Gasteiger partial charge in [-0.3, -0.25) is 0 Å². The van der Waals surface area contributed by atoms with Gasteiger partial charge in [0.25, 0.3) is 0 Å². The van der Waals surface area contributed by atoms with E-state index in [4.69, 9.17) is 4.74 Å². The minimum Gasteiger partial charge on any atom is -0.507 e. The van der Waals surface area contributed by atoms with Crippen molar-refractivity contribution in [2.45, 2.75) is 39.2 Å². The zero-order chi connectivity index (χ0) is 12.6. The smallest absolute Gasteiger partial charge is 0.127 e. The van der Waals surface area contributed by atoms with Crippen molar-refractivity contribution in [3.8, 4) is 11.5 Å². The highest BCUT2D eigenvalue weighted by molar-refractivity contribution is 5.55. The molecule has 1 unspecified atom stereocenters. The SMILES string of the molecule is COc1cc(C)c(C2(C)CCCN2)c(O)c1C. The standard InChI is InChI=1S/C14H21NO2/c1-9-8-11(17-4)10(2)13(16)12(9)14(3)6-5-7-15-14/h8,15-16H,5-7H2,1-4H3. The van der Waals surface area contributed by atoms with E-state index in [0.717, 1.165) is 41.8 Å². The van der Waals surface area contributed by atoms with Crippen LogP contribution in [0.3, 0.4) is 0 Å². The van der Waals surface area contributed by atoms with E-state index in [1.165, 1.54) is 0 Å². The lowest BCUT2D eigenvalue weighted by Gasteiger charge is -2.29. The number of methoxy groups -OCH3 is 1. The minimum atomic E-state index is -0.106. The average molecular weight is 235 g/mol. The molecule has 0 aromatic heterocycles. The second kappa shape index (κ2) is 4.22. The number of aryl methyl sites for hydroxylation is 1. The van der Waals surface area contributed by atoms with E-state index in [0.29, 0.717) is 5.75 Å². The van der Waals surface area contributed by atoms with Crippen LogP contribution >= 0.6 is 0 Å². The third kappa shape index (κ3) is 1.89. The lowest BCUT2D eigenvalue weighted by molar-refractivity contribution is 0.376. The fraction of sp³-hybridized carbons (Fsp3) is 0.571. The van der Waals surface area contributed by atoms with Gasteiger partial charge in [0.2, 0.25) is 0 Å². The summed E-state index contributed by atoms with van der Waals surface area (Å²) >= 11 is 0. The second-order valence-electron chi connectivity index (χ2n) is 5.11. The van der Waals surface area contributed by atoms with Gasteiger partial charge < -0.3 is 15.2 Å². The number of ether oxygens (including phenoxy) is 1. The molecule has 1 aliphatic heterocycles. The Morgan fingerprint density at radius 1 is 1.41 bits per heavy atom. The highest BCUT2D eigenvalue weighted by Crippen LogP contribution is 2.42. The van der Waals surface area contributed by atoms with Crippen molar-refractivity contribution in [2.24, 2.45) is 0 Å². The van der Waals surface area contributed by atoms with E-state index >= 15 is 0 Å². The maximum Gasteiger partial charge on any atom is 0.127 e. The van der Waals surface area contributed by atoms with Crippen LogP contribution in [0.2, 0.25) is 0 Å². The first kappa shape index (κ1) is 12.2. The zero-order valence-corrected chi connectivity index (χ0v) is 11.1. The first-order chi connectivity index (χ1) is 7.99. The number of rotatable bonds is 2. The lowest BCUT2D eigenvalue weighted by atomic mass is 9.85. The Morgan fingerprint density at radius 2 is 2.12 bits per heavy atom. The van der Waals surface area contributed by atoms with Crippen LogP contribution < -0.4 is 10.1 Å². The highest BCUT2D eigenvalue weighted by atomic mass is 16.5. The molecule has 0 radical (unpaired) electrons. The van der Waals surface area contributed by atoms with Crippen molar-refractivity contribution in [1.82, 2.24) is 5.32 Å². The Hall–Kier alpha value is -1.22. The summed E-state index contributed by atoms with van der Waals surface area (Å²) in [4.78, 5) is 0. The molecule has 1 fully saturated rings. The number of benzene rings is 1. The molecule has 3 nitrogen and oxygen atoms in total. The van der Waals surface area contributed by atoms with E-state index in [2.05, 4.69) is 12.2 Å². The summed E-state index contributed by atoms with van der Waals surface area (Å²) in [5.41, 5.74) is 2.82. The molecule has 1 atom stereocenters. The normalized spacial score (nSPS) is 24.0. The predicted molar refractivity (Wildman–Crippen MR) is 68.7 cm³/mol. The second-order valence-corrected chi connectivity index (χ2v) is 5.11. The van der Waals surface area contributed by atoms with Gasteiger partial charge in [-0.05, 0) is 51.8 Å². The third-order valence-corrected chi connectivity index (χ3v) is 3.84. The van der Waals surface area contributed by atoms with Crippen LogP contribution in [0.5, 0.6) is 11.5 Å². The summed E-state index contributed by atoms with van der Waals surface area (Å²) in [6.45, 7) is 7.10. The topological polar surface area (TPSA) is 41.5 Å². The Labute approximate surface area is 103 Å². The largest absolute Gasteiger partial charge is 0.507 e. The van der Waals surface area contributed by atoms with Gasteiger partial charge in [0.1, 0.15) is 11.5 Å². The number of phenols is 1. The van der Waals surface area contributed by atoms with Crippen LogP contribution in [0.25, 0.3) is 0 Å². The molecule has 1 aromatic carbocycles. The molecule has 1 aromatic rings. The van der Waals surface area contributed by atoms with Crippen LogP contribution in [-0.4, -0.2) is 18.8 Å². The number of phenolic OH excluding ortho intramolecular Hbond substituents is 1. The van der Waals surface area contributed by atoms with Crippen LogP contribution in [0.15, 0.2) is 6.07 Å². The highest BCUT2D eigenvalue weighted by Gasteiger charge is 2.34. The molecule has 2 rings (SSSR count). The molecule has 2 N–H and O–H groups in total. The number of aromatic hydroxyl groups is 1. The first-order valence-electron chi connectivity index (χ1n) is 6.12. The van der Waals surface area contributed by atoms with Gasteiger partial charge in [-0.1, -0.05) is 0 Å². The molecule has 0 bridgehead atoms. The summed E-state index contributed by atoms with van der Waals surface area (Å²) in [6.07, 6.45) is 2.22. The van der Waals surface area contributed by atoms with Gasteiger partial charge in [-0.15, -0.1) is 0 Å². The van der Waals surface area contributed by atoms with Gasteiger partial charge >= 0.3 is 0 Å². The van der Waals surface area contributed by atoms with E-state index in [9.17, 15) is 5.11 Å². The van der Waals surface area contributed by atoms with Crippen molar-refractivity contribution in [2.75, 3.05) is 13.7 Å². The quantitative estimate of drug-likeness (QED) is 0.828. The van der Waals surface area contributed by atoms with Gasteiger partial charge in [-0.25, -0.2) is 0 Å². The molecule has 1 saturated heterocycles. The molecule has 1 aliphatic rings. The summed E-state index contributed by atoms with van der Waals surface area (Å²) in [6, 6.07) is 2.01. The Morgan fingerprint density at radius 3 is 2.65 bits per heavy atom. The van der Waals surface area contributed by atoms with Gasteiger partial charge in [-0.2, -0.15) is 0 Å². The summed E-state index contributed by atoms with van der Waals surface area (Å²) < 4.78 is 5.28. The predicted octanol–water partition coefficient (Wildman–Crippen LogP) is 2.62. The number of hydrogen-bond donors (Lipinski definition) is 2. The molecule has 0 spiro atoms. The average Bonchev–Trinajstić information content (AvgIpc) is 2.71. The third-order valence-electron chi connectivity index (χ3n) is 3.84. The van der Waals surface area contributed by atoms with Crippen LogP contribution in [0.1, 0.15) is 36.5 Å². The Kier molecular flexibility index (Phi) is 3.04. The van der Waals surface area contributed by atoms with Crippen LogP contribution in [0, 0.1) is 13.8 Å². The summed E-state index contributed by atoms with van der Waals surface area (Å²) in [5.74, 6) is 1.13. The molecule has 94 valence electrons. The Bertz CT molecular complexity index is 434. The Balaban J connectivity index is 2.58. The fourth-order valence-corrected chi connectivity index (χ4v) is 2.88. The number of nitrogens with one attached hydrogen (secondary N) is 1. The van der Waals surface area contributed by atoms with Gasteiger partial charge in [0.15, 0.2) is 0 Å². The molecule has 3 heteroatoms. The molecule has 1 heterocycles. The maximum atomic E-state index is 10.4. The van der Waals surface area contributed by atoms with E-state index in [1.54, 1.807) is 7.11 Å². The first-order valence-corrected chi connectivity index (χ1v) is 6.12. The van der Waals surface area contributed by atoms with E-state index < -0.39 is 0 Å². The van der Waals surface area contributed by atoms with Gasteiger partial charge in [0, 0.05) is 16.7 Å².